The molecule has 0 aliphatic rings. The highest BCUT2D eigenvalue weighted by molar-refractivity contribution is 8.22. The fourth-order valence-corrected chi connectivity index (χ4v) is 3.02. The summed E-state index contributed by atoms with van der Waals surface area (Å²) in [5.74, 6) is 0. The van der Waals surface area contributed by atoms with Crippen molar-refractivity contribution in [1.29, 1.82) is 0 Å². The van der Waals surface area contributed by atoms with Gasteiger partial charge in [0.2, 0.25) is 0 Å². The molecule has 0 heterocycles. The predicted molar refractivity (Wildman–Crippen MR) is 85.5 cm³/mol. The third-order valence-electron chi connectivity index (χ3n) is 2.98. The van der Waals surface area contributed by atoms with E-state index in [0.717, 1.165) is 11.1 Å². The van der Waals surface area contributed by atoms with E-state index in [2.05, 4.69) is 4.72 Å². The molecule has 0 saturated carbocycles. The van der Waals surface area contributed by atoms with Crippen LogP contribution in [0.2, 0.25) is 0 Å². The largest absolute Gasteiger partial charge is 0.280 e. The van der Waals surface area contributed by atoms with Gasteiger partial charge in [-0.05, 0) is 31.5 Å². The summed E-state index contributed by atoms with van der Waals surface area (Å²) in [5, 5.41) is 0. The van der Waals surface area contributed by atoms with E-state index in [4.69, 9.17) is 0 Å². The second-order valence-electron chi connectivity index (χ2n) is 4.53. The molecule has 0 atom stereocenters. The first kappa shape index (κ1) is 14.7. The molecular weight excluding hydrogens is 270 g/mol. The molecule has 0 unspecified atom stereocenters. The van der Waals surface area contributed by atoms with Crippen LogP contribution in [0, 0.1) is 6.92 Å². The van der Waals surface area contributed by atoms with Crippen LogP contribution in [0.5, 0.6) is 0 Å². The average molecular weight is 289 g/mol. The van der Waals surface area contributed by atoms with E-state index in [-0.39, 0.29) is 0 Å². The zero-order valence-corrected chi connectivity index (χ0v) is 12.4. The normalized spacial score (nSPS) is 13.1. The van der Waals surface area contributed by atoms with Crippen molar-refractivity contribution < 1.29 is 9.11 Å². The first-order chi connectivity index (χ1) is 9.53. The Morgan fingerprint density at radius 2 is 1.60 bits per heavy atom. The Balaban J connectivity index is 2.25. The molecule has 0 bridgehead atoms. The first-order valence-corrected chi connectivity index (χ1v) is 7.92. The van der Waals surface area contributed by atoms with E-state index >= 15 is 0 Å². The summed E-state index contributed by atoms with van der Waals surface area (Å²) in [6.07, 6.45) is 1.83. The molecule has 0 aliphatic heterocycles. The number of hydrogen-bond donors (Lipinski definition) is 3. The lowest BCUT2D eigenvalue weighted by atomic mass is 10.2. The number of allylic oxidation sites excluding steroid dienone is 1. The van der Waals surface area contributed by atoms with E-state index in [1.165, 1.54) is 0 Å². The molecule has 0 aromatic heterocycles. The summed E-state index contributed by atoms with van der Waals surface area (Å²) >= 11 is 0. The van der Waals surface area contributed by atoms with Gasteiger partial charge in [-0.2, -0.15) is 0 Å². The van der Waals surface area contributed by atoms with Crippen LogP contribution in [0.1, 0.15) is 18.1 Å². The number of hydrogen-bond acceptors (Lipinski definition) is 3. The van der Waals surface area contributed by atoms with Crippen LogP contribution in [0.3, 0.4) is 0 Å². The maximum Gasteiger partial charge on any atom is 0.0801 e. The summed E-state index contributed by atoms with van der Waals surface area (Å²) in [6.45, 7) is 3.82. The van der Waals surface area contributed by atoms with Crippen LogP contribution in [-0.2, 0) is 0 Å². The highest BCUT2D eigenvalue weighted by Gasteiger charge is 2.16. The SMILES string of the molecule is C/C=C(\NS(O)(O)c1ccc(C)cc1)c1ccccc1. The van der Waals surface area contributed by atoms with Crippen molar-refractivity contribution in [2.45, 2.75) is 18.7 Å². The fourth-order valence-electron chi connectivity index (χ4n) is 1.84. The van der Waals surface area contributed by atoms with Gasteiger partial charge in [0.05, 0.1) is 10.6 Å². The molecular formula is C16H19NO2S. The van der Waals surface area contributed by atoms with Crippen molar-refractivity contribution in [3.05, 3.63) is 71.8 Å². The molecule has 0 spiro atoms. The van der Waals surface area contributed by atoms with Gasteiger partial charge in [-0.15, -0.1) is 0 Å². The molecule has 3 N–H and O–H groups in total. The van der Waals surface area contributed by atoms with Gasteiger partial charge in [-0.1, -0.05) is 64.9 Å². The van der Waals surface area contributed by atoms with Gasteiger partial charge < -0.3 is 0 Å². The topological polar surface area (TPSA) is 52.5 Å². The third-order valence-corrected chi connectivity index (χ3v) is 4.41. The molecule has 2 aromatic carbocycles. The average Bonchev–Trinajstić information content (AvgIpc) is 2.46. The summed E-state index contributed by atoms with van der Waals surface area (Å²) in [6, 6.07) is 16.8. The molecule has 2 rings (SSSR count). The summed E-state index contributed by atoms with van der Waals surface area (Å²) in [4.78, 5) is 0.485. The zero-order valence-electron chi connectivity index (χ0n) is 11.6. The van der Waals surface area contributed by atoms with Gasteiger partial charge in [0.1, 0.15) is 0 Å². The predicted octanol–water partition coefficient (Wildman–Crippen LogP) is 4.67. The monoisotopic (exact) mass is 289 g/mol. The molecule has 0 amide bonds. The van der Waals surface area contributed by atoms with E-state index in [1.807, 2.05) is 62.4 Å². The summed E-state index contributed by atoms with van der Waals surface area (Å²) in [5.41, 5.74) is 2.70. The fraction of sp³-hybridized carbons (Fsp3) is 0.125. The lowest BCUT2D eigenvalue weighted by Crippen LogP contribution is -2.18. The van der Waals surface area contributed by atoms with E-state index in [1.54, 1.807) is 12.1 Å². The molecule has 2 aromatic rings. The van der Waals surface area contributed by atoms with Gasteiger partial charge in [0, 0.05) is 0 Å². The molecule has 20 heavy (non-hydrogen) atoms. The lowest BCUT2D eigenvalue weighted by Gasteiger charge is -2.35. The Bertz CT molecular complexity index is 592. The second kappa shape index (κ2) is 6.13. The van der Waals surface area contributed by atoms with Crippen molar-refractivity contribution in [2.24, 2.45) is 0 Å². The van der Waals surface area contributed by atoms with Crippen molar-refractivity contribution in [1.82, 2.24) is 4.72 Å². The Labute approximate surface area is 121 Å². The number of benzene rings is 2. The van der Waals surface area contributed by atoms with Crippen LogP contribution in [0.15, 0.2) is 65.6 Å². The Morgan fingerprint density at radius 3 is 2.15 bits per heavy atom. The van der Waals surface area contributed by atoms with Crippen molar-refractivity contribution in [3.63, 3.8) is 0 Å². The number of rotatable bonds is 4. The third kappa shape index (κ3) is 3.42. The van der Waals surface area contributed by atoms with Crippen LogP contribution in [0.25, 0.3) is 5.70 Å². The van der Waals surface area contributed by atoms with E-state index in [0.29, 0.717) is 10.6 Å². The van der Waals surface area contributed by atoms with Crippen LogP contribution in [-0.4, -0.2) is 9.11 Å². The molecule has 0 aliphatic carbocycles. The van der Waals surface area contributed by atoms with Gasteiger partial charge in [-0.3, -0.25) is 13.8 Å². The van der Waals surface area contributed by atoms with Crippen molar-refractivity contribution in [3.8, 4) is 0 Å². The van der Waals surface area contributed by atoms with Crippen LogP contribution in [0.4, 0.5) is 0 Å². The minimum atomic E-state index is -3.05. The molecule has 4 heteroatoms. The van der Waals surface area contributed by atoms with Gasteiger partial charge in [0.25, 0.3) is 0 Å². The molecule has 106 valence electrons. The first-order valence-electron chi connectivity index (χ1n) is 6.37. The van der Waals surface area contributed by atoms with Crippen LogP contribution >= 0.6 is 10.8 Å². The maximum atomic E-state index is 10.3. The quantitative estimate of drug-likeness (QED) is 0.766. The minimum Gasteiger partial charge on any atom is -0.280 e. The molecule has 0 radical (unpaired) electrons. The van der Waals surface area contributed by atoms with Gasteiger partial charge >= 0.3 is 0 Å². The van der Waals surface area contributed by atoms with E-state index < -0.39 is 10.8 Å². The maximum absolute atomic E-state index is 10.3. The lowest BCUT2D eigenvalue weighted by molar-refractivity contribution is 0.480. The van der Waals surface area contributed by atoms with Gasteiger partial charge in [0.15, 0.2) is 0 Å². The van der Waals surface area contributed by atoms with E-state index in [9.17, 15) is 9.11 Å². The number of nitrogens with one attached hydrogen (secondary N) is 1. The van der Waals surface area contributed by atoms with Crippen molar-refractivity contribution in [2.75, 3.05) is 0 Å². The standard InChI is InChI=1S/C16H19NO2S/c1-3-16(14-7-5-4-6-8-14)17-20(18,19)15-11-9-13(2)10-12-15/h3-12,17-19H,1-2H3/b16-3-. The Kier molecular flexibility index (Phi) is 4.49. The molecule has 3 nitrogen and oxygen atoms in total. The molecule has 0 saturated heterocycles. The Morgan fingerprint density at radius 1 is 1.00 bits per heavy atom. The Hall–Kier alpha value is -1.75. The summed E-state index contributed by atoms with van der Waals surface area (Å²) in [7, 11) is -3.05. The van der Waals surface area contributed by atoms with Gasteiger partial charge in [-0.25, -0.2) is 0 Å². The highest BCUT2D eigenvalue weighted by atomic mass is 32.3. The minimum absolute atomic E-state index is 0.485. The molecule has 0 fully saturated rings. The van der Waals surface area contributed by atoms with Crippen molar-refractivity contribution >= 4 is 16.5 Å². The second-order valence-corrected chi connectivity index (χ2v) is 6.31. The van der Waals surface area contributed by atoms with Crippen LogP contribution < -0.4 is 4.72 Å². The zero-order chi connectivity index (χ0) is 14.6. The smallest absolute Gasteiger partial charge is 0.0801 e. The number of aryl methyl sites for hydroxylation is 1. The summed E-state index contributed by atoms with van der Waals surface area (Å²) < 4.78 is 23.5. The highest BCUT2D eigenvalue weighted by Crippen LogP contribution is 2.45.